The Morgan fingerprint density at radius 2 is 2.10 bits per heavy atom. The Hall–Kier alpha value is -1.85. The third kappa shape index (κ3) is 4.08. The topological polar surface area (TPSA) is 71.3 Å². The summed E-state index contributed by atoms with van der Waals surface area (Å²) in [5.74, 6) is 1.60. The van der Waals surface area contributed by atoms with Gasteiger partial charge >= 0.3 is 5.69 Å². The van der Waals surface area contributed by atoms with Gasteiger partial charge in [-0.3, -0.25) is 10.1 Å². The highest BCUT2D eigenvalue weighted by Crippen LogP contribution is 2.28. The van der Waals surface area contributed by atoms with Gasteiger partial charge in [-0.15, -0.1) is 0 Å². The van der Waals surface area contributed by atoms with Crippen molar-refractivity contribution < 1.29 is 4.92 Å². The minimum atomic E-state index is -0.364. The van der Waals surface area contributed by atoms with E-state index in [1.54, 1.807) is 6.07 Å². The Bertz CT molecular complexity index is 451. The highest BCUT2D eigenvalue weighted by molar-refractivity contribution is 5.61. The second-order valence-corrected chi connectivity index (χ2v) is 4.88. The number of nitrogens with zero attached hydrogens (tertiary/aromatic N) is 3. The SMILES string of the molecule is CCNc1ccc([N+](=O)[O-])c(N(CC)CC(C)CC)n1. The Labute approximate surface area is 120 Å². The normalized spacial score (nSPS) is 12.0. The van der Waals surface area contributed by atoms with Gasteiger partial charge in [-0.2, -0.15) is 0 Å². The first-order valence-corrected chi connectivity index (χ1v) is 7.17. The highest BCUT2D eigenvalue weighted by Gasteiger charge is 2.22. The fraction of sp³-hybridized carbons (Fsp3) is 0.643. The van der Waals surface area contributed by atoms with Crippen molar-refractivity contribution >= 4 is 17.3 Å². The largest absolute Gasteiger partial charge is 0.370 e. The van der Waals surface area contributed by atoms with Crippen molar-refractivity contribution in [1.82, 2.24) is 4.98 Å². The average molecular weight is 280 g/mol. The van der Waals surface area contributed by atoms with Crippen molar-refractivity contribution in [3.8, 4) is 0 Å². The molecule has 0 aliphatic carbocycles. The number of nitrogens with one attached hydrogen (secondary N) is 1. The molecule has 1 heterocycles. The molecular formula is C14H24N4O2. The van der Waals surface area contributed by atoms with E-state index < -0.39 is 0 Å². The molecule has 1 aromatic rings. The molecule has 0 aliphatic heterocycles. The maximum absolute atomic E-state index is 11.2. The van der Waals surface area contributed by atoms with Gasteiger partial charge in [0, 0.05) is 25.7 Å². The van der Waals surface area contributed by atoms with Crippen LogP contribution in [-0.4, -0.2) is 29.5 Å². The van der Waals surface area contributed by atoms with Gasteiger partial charge in [0.25, 0.3) is 0 Å². The van der Waals surface area contributed by atoms with Crippen molar-refractivity contribution in [1.29, 1.82) is 0 Å². The van der Waals surface area contributed by atoms with Gasteiger partial charge in [0.15, 0.2) is 0 Å². The van der Waals surface area contributed by atoms with Gasteiger partial charge in [-0.25, -0.2) is 4.98 Å². The van der Waals surface area contributed by atoms with Crippen molar-refractivity contribution in [2.75, 3.05) is 29.9 Å². The molecule has 0 aliphatic rings. The number of hydrogen-bond acceptors (Lipinski definition) is 5. The Kier molecular flexibility index (Phi) is 6.21. The Balaban J connectivity index is 3.14. The van der Waals surface area contributed by atoms with Crippen LogP contribution >= 0.6 is 0 Å². The third-order valence-corrected chi connectivity index (χ3v) is 3.32. The number of hydrogen-bond donors (Lipinski definition) is 1. The van der Waals surface area contributed by atoms with Crippen LogP contribution in [-0.2, 0) is 0 Å². The lowest BCUT2D eigenvalue weighted by Crippen LogP contribution is -2.29. The maximum atomic E-state index is 11.2. The summed E-state index contributed by atoms with van der Waals surface area (Å²) in [6.07, 6.45) is 1.04. The molecule has 6 heteroatoms. The minimum absolute atomic E-state index is 0.0665. The molecule has 0 aromatic carbocycles. The number of nitro groups is 1. The van der Waals surface area contributed by atoms with Crippen molar-refractivity contribution in [3.63, 3.8) is 0 Å². The van der Waals surface area contributed by atoms with Crippen LogP contribution in [0.3, 0.4) is 0 Å². The van der Waals surface area contributed by atoms with Crippen LogP contribution in [0.2, 0.25) is 0 Å². The van der Waals surface area contributed by atoms with Crippen LogP contribution in [0.4, 0.5) is 17.3 Å². The van der Waals surface area contributed by atoms with E-state index in [0.29, 0.717) is 24.1 Å². The molecule has 0 fully saturated rings. The molecule has 0 saturated heterocycles. The zero-order valence-corrected chi connectivity index (χ0v) is 12.7. The summed E-state index contributed by atoms with van der Waals surface area (Å²) in [6, 6.07) is 3.18. The third-order valence-electron chi connectivity index (χ3n) is 3.32. The summed E-state index contributed by atoms with van der Waals surface area (Å²) in [5.41, 5.74) is 0.0665. The molecule has 112 valence electrons. The molecule has 0 spiro atoms. The van der Waals surface area contributed by atoms with Crippen molar-refractivity contribution in [2.24, 2.45) is 5.92 Å². The molecule has 0 radical (unpaired) electrons. The molecule has 0 amide bonds. The van der Waals surface area contributed by atoms with Crippen LogP contribution in [0.25, 0.3) is 0 Å². The molecule has 1 unspecified atom stereocenters. The smallest absolute Gasteiger partial charge is 0.311 e. The lowest BCUT2D eigenvalue weighted by Gasteiger charge is -2.25. The van der Waals surface area contributed by atoms with E-state index in [1.807, 2.05) is 18.7 Å². The molecular weight excluding hydrogens is 256 g/mol. The maximum Gasteiger partial charge on any atom is 0.311 e. The zero-order chi connectivity index (χ0) is 15.1. The number of anilines is 2. The highest BCUT2D eigenvalue weighted by atomic mass is 16.6. The summed E-state index contributed by atoms with van der Waals surface area (Å²) in [5, 5.41) is 14.3. The van der Waals surface area contributed by atoms with E-state index in [2.05, 4.69) is 24.1 Å². The predicted octanol–water partition coefficient (Wildman–Crippen LogP) is 3.29. The quantitative estimate of drug-likeness (QED) is 0.584. The molecule has 6 nitrogen and oxygen atoms in total. The standard InChI is InChI=1S/C14H24N4O2/c1-5-11(4)10-17(7-3)14-12(18(19)20)8-9-13(16-14)15-6-2/h8-9,11H,5-7,10H2,1-4H3,(H,15,16). The first-order valence-electron chi connectivity index (χ1n) is 7.17. The number of aromatic nitrogens is 1. The van der Waals surface area contributed by atoms with Crippen LogP contribution in [0.5, 0.6) is 0 Å². The van der Waals surface area contributed by atoms with Crippen LogP contribution in [0.1, 0.15) is 34.1 Å². The minimum Gasteiger partial charge on any atom is -0.370 e. The Morgan fingerprint density at radius 3 is 2.60 bits per heavy atom. The van der Waals surface area contributed by atoms with Crippen LogP contribution < -0.4 is 10.2 Å². The van der Waals surface area contributed by atoms with E-state index >= 15 is 0 Å². The summed E-state index contributed by atoms with van der Waals surface area (Å²) in [4.78, 5) is 17.2. The summed E-state index contributed by atoms with van der Waals surface area (Å²) >= 11 is 0. The molecule has 1 aromatic heterocycles. The fourth-order valence-electron chi connectivity index (χ4n) is 1.97. The second-order valence-electron chi connectivity index (χ2n) is 4.88. The second kappa shape index (κ2) is 7.67. The van der Waals surface area contributed by atoms with Gasteiger partial charge < -0.3 is 10.2 Å². The Morgan fingerprint density at radius 1 is 1.40 bits per heavy atom. The van der Waals surface area contributed by atoms with Gasteiger partial charge in [-0.05, 0) is 25.8 Å². The summed E-state index contributed by atoms with van der Waals surface area (Å²) in [6.45, 7) is 10.4. The number of rotatable bonds is 8. The number of pyridine rings is 1. The van der Waals surface area contributed by atoms with Crippen LogP contribution in [0, 0.1) is 16.0 Å². The molecule has 0 saturated carbocycles. The first-order chi connectivity index (χ1) is 9.53. The lowest BCUT2D eigenvalue weighted by molar-refractivity contribution is -0.384. The lowest BCUT2D eigenvalue weighted by atomic mass is 10.1. The zero-order valence-electron chi connectivity index (χ0n) is 12.7. The molecule has 1 N–H and O–H groups in total. The van der Waals surface area contributed by atoms with E-state index in [9.17, 15) is 10.1 Å². The van der Waals surface area contributed by atoms with E-state index in [-0.39, 0.29) is 10.6 Å². The van der Waals surface area contributed by atoms with Gasteiger partial charge in [0.05, 0.1) is 4.92 Å². The molecule has 1 atom stereocenters. The first kappa shape index (κ1) is 16.2. The summed E-state index contributed by atoms with van der Waals surface area (Å²) in [7, 11) is 0. The summed E-state index contributed by atoms with van der Waals surface area (Å²) < 4.78 is 0. The van der Waals surface area contributed by atoms with Crippen LogP contribution in [0.15, 0.2) is 12.1 Å². The van der Waals surface area contributed by atoms with E-state index in [1.165, 1.54) is 6.07 Å². The van der Waals surface area contributed by atoms with Gasteiger partial charge in [-0.1, -0.05) is 20.3 Å². The van der Waals surface area contributed by atoms with Gasteiger partial charge in [0.1, 0.15) is 5.82 Å². The molecule has 0 bridgehead atoms. The molecule has 20 heavy (non-hydrogen) atoms. The molecule has 1 rings (SSSR count). The van der Waals surface area contributed by atoms with Crippen molar-refractivity contribution in [3.05, 3.63) is 22.2 Å². The van der Waals surface area contributed by atoms with Gasteiger partial charge in [0.2, 0.25) is 5.82 Å². The fourth-order valence-corrected chi connectivity index (χ4v) is 1.97. The monoisotopic (exact) mass is 280 g/mol. The van der Waals surface area contributed by atoms with E-state index in [4.69, 9.17) is 0 Å². The predicted molar refractivity (Wildman–Crippen MR) is 82.4 cm³/mol. The average Bonchev–Trinajstić information content (AvgIpc) is 2.44. The van der Waals surface area contributed by atoms with E-state index in [0.717, 1.165) is 19.5 Å². The van der Waals surface area contributed by atoms with Crippen molar-refractivity contribution in [2.45, 2.75) is 34.1 Å².